The van der Waals surface area contributed by atoms with E-state index < -0.39 is 49.4 Å². The molecule has 0 saturated carbocycles. The predicted molar refractivity (Wildman–Crippen MR) is 76.4 cm³/mol. The molecule has 2 rings (SSSR count). The topological polar surface area (TPSA) is 137 Å². The van der Waals surface area contributed by atoms with E-state index in [1.807, 2.05) is 0 Å². The van der Waals surface area contributed by atoms with Crippen LogP contribution in [-0.4, -0.2) is 74.9 Å². The summed E-state index contributed by atoms with van der Waals surface area (Å²) >= 11 is 0. The van der Waals surface area contributed by atoms with Crippen LogP contribution >= 0.6 is 0 Å². The van der Waals surface area contributed by atoms with E-state index in [0.717, 1.165) is 0 Å². The van der Waals surface area contributed by atoms with Crippen LogP contribution in [0, 0.1) is 0 Å². The van der Waals surface area contributed by atoms with Crippen molar-refractivity contribution in [2.24, 2.45) is 0 Å². The normalized spacial score (nSPS) is 32.4. The third kappa shape index (κ3) is 4.25. The van der Waals surface area contributed by atoms with Crippen molar-refractivity contribution < 1.29 is 39.8 Å². The minimum Gasteiger partial charge on any atom is -0.479 e. The molecule has 0 spiro atoms. The fourth-order valence-corrected chi connectivity index (χ4v) is 2.36. The second-order valence-corrected chi connectivity index (χ2v) is 5.35. The molecule has 0 unspecified atom stereocenters. The van der Waals surface area contributed by atoms with Crippen molar-refractivity contribution in [1.82, 2.24) is 0 Å². The molecule has 1 heterocycles. The van der Waals surface area contributed by atoms with Gasteiger partial charge < -0.3 is 35.0 Å². The Hall–Kier alpha value is -1.55. The first-order chi connectivity index (χ1) is 10.9. The molecule has 5 N–H and O–H groups in total. The summed E-state index contributed by atoms with van der Waals surface area (Å²) < 4.78 is 10.4. The fraction of sp³-hybridized carbons (Fsp3) is 0.533. The molecule has 1 aliphatic heterocycles. The van der Waals surface area contributed by atoms with Gasteiger partial charge in [0.25, 0.3) is 0 Å². The Morgan fingerprint density at radius 2 is 1.78 bits per heavy atom. The lowest BCUT2D eigenvalue weighted by Gasteiger charge is -2.40. The zero-order valence-electron chi connectivity index (χ0n) is 12.2. The summed E-state index contributed by atoms with van der Waals surface area (Å²) in [4.78, 5) is 11.4. The molecular weight excluding hydrogens is 308 g/mol. The number of hydrogen-bond acceptors (Lipinski definition) is 7. The SMILES string of the molecule is O=C(O)[C@H](Cc1ccccc1)O[C@@H]1O[C@H](CO)[C@@H](O)[C@H](O)[C@H]1O. The summed E-state index contributed by atoms with van der Waals surface area (Å²) in [6.45, 7) is -0.610. The molecule has 128 valence electrons. The molecule has 6 atom stereocenters. The second kappa shape index (κ2) is 7.82. The summed E-state index contributed by atoms with van der Waals surface area (Å²) in [6, 6.07) is 8.75. The number of carboxylic acid groups (broad SMARTS) is 1. The predicted octanol–water partition coefficient (Wildman–Crippen LogP) is -1.50. The van der Waals surface area contributed by atoms with E-state index in [0.29, 0.717) is 5.56 Å². The zero-order chi connectivity index (χ0) is 17.0. The van der Waals surface area contributed by atoms with E-state index in [4.69, 9.17) is 14.6 Å². The Labute approximate surface area is 132 Å². The molecule has 1 aromatic rings. The summed E-state index contributed by atoms with van der Waals surface area (Å²) in [6.07, 6.45) is -8.68. The van der Waals surface area contributed by atoms with E-state index in [9.17, 15) is 25.2 Å². The lowest BCUT2D eigenvalue weighted by molar-refractivity contribution is -0.309. The van der Waals surface area contributed by atoms with E-state index >= 15 is 0 Å². The van der Waals surface area contributed by atoms with Crippen LogP contribution < -0.4 is 0 Å². The summed E-state index contributed by atoms with van der Waals surface area (Å²) in [5, 5.41) is 47.6. The van der Waals surface area contributed by atoms with Crippen molar-refractivity contribution in [3.05, 3.63) is 35.9 Å². The van der Waals surface area contributed by atoms with Crippen LogP contribution in [0.15, 0.2) is 30.3 Å². The highest BCUT2D eigenvalue weighted by Gasteiger charge is 2.45. The molecule has 1 aliphatic rings. The Morgan fingerprint density at radius 3 is 2.35 bits per heavy atom. The number of aliphatic carboxylic acids is 1. The van der Waals surface area contributed by atoms with Gasteiger partial charge in [-0.05, 0) is 5.56 Å². The molecule has 1 saturated heterocycles. The molecule has 1 fully saturated rings. The number of aliphatic hydroxyl groups is 4. The van der Waals surface area contributed by atoms with Crippen LogP contribution in [0.4, 0.5) is 0 Å². The monoisotopic (exact) mass is 328 g/mol. The lowest BCUT2D eigenvalue weighted by Crippen LogP contribution is -2.60. The van der Waals surface area contributed by atoms with Gasteiger partial charge in [0.2, 0.25) is 0 Å². The van der Waals surface area contributed by atoms with Gasteiger partial charge in [0, 0.05) is 6.42 Å². The van der Waals surface area contributed by atoms with Gasteiger partial charge in [-0.2, -0.15) is 0 Å². The minimum atomic E-state index is -1.63. The molecule has 0 aliphatic carbocycles. The standard InChI is InChI=1S/C15H20O8/c16-7-10-11(17)12(18)13(19)15(23-10)22-9(14(20)21)6-8-4-2-1-3-5-8/h1-5,9-13,15-19H,6-7H2,(H,20,21)/t9-,10+,11+,12-,13+,15+/m0/s1. The first-order valence-corrected chi connectivity index (χ1v) is 7.16. The number of carbonyl (C=O) groups is 1. The number of aliphatic hydroxyl groups excluding tert-OH is 4. The number of carboxylic acids is 1. The van der Waals surface area contributed by atoms with Crippen molar-refractivity contribution >= 4 is 5.97 Å². The number of benzene rings is 1. The largest absolute Gasteiger partial charge is 0.479 e. The van der Waals surface area contributed by atoms with E-state index in [1.165, 1.54) is 0 Å². The quantitative estimate of drug-likeness (QED) is 0.425. The summed E-state index contributed by atoms with van der Waals surface area (Å²) in [7, 11) is 0. The number of ether oxygens (including phenoxy) is 2. The summed E-state index contributed by atoms with van der Waals surface area (Å²) in [5.74, 6) is -1.26. The molecule has 0 bridgehead atoms. The van der Waals surface area contributed by atoms with Gasteiger partial charge in [0.05, 0.1) is 6.61 Å². The zero-order valence-corrected chi connectivity index (χ0v) is 12.2. The minimum absolute atomic E-state index is 0.0329. The molecule has 0 radical (unpaired) electrons. The Morgan fingerprint density at radius 1 is 1.13 bits per heavy atom. The molecule has 0 amide bonds. The van der Waals surface area contributed by atoms with E-state index in [2.05, 4.69) is 0 Å². The van der Waals surface area contributed by atoms with E-state index in [-0.39, 0.29) is 6.42 Å². The van der Waals surface area contributed by atoms with Crippen LogP contribution in [0.3, 0.4) is 0 Å². The fourth-order valence-electron chi connectivity index (χ4n) is 2.36. The van der Waals surface area contributed by atoms with Gasteiger partial charge in [0.1, 0.15) is 24.4 Å². The van der Waals surface area contributed by atoms with Crippen LogP contribution in [0.1, 0.15) is 5.56 Å². The first kappa shape index (κ1) is 17.8. The third-order valence-corrected chi connectivity index (χ3v) is 3.69. The molecular formula is C15H20O8. The van der Waals surface area contributed by atoms with Crippen molar-refractivity contribution in [3.63, 3.8) is 0 Å². The smallest absolute Gasteiger partial charge is 0.333 e. The Balaban J connectivity index is 2.08. The molecule has 23 heavy (non-hydrogen) atoms. The van der Waals surface area contributed by atoms with Crippen molar-refractivity contribution in [2.75, 3.05) is 6.61 Å². The first-order valence-electron chi connectivity index (χ1n) is 7.16. The van der Waals surface area contributed by atoms with Gasteiger partial charge in [-0.1, -0.05) is 30.3 Å². The van der Waals surface area contributed by atoms with Crippen molar-refractivity contribution in [3.8, 4) is 0 Å². The maximum Gasteiger partial charge on any atom is 0.333 e. The average molecular weight is 328 g/mol. The van der Waals surface area contributed by atoms with Gasteiger partial charge in [-0.25, -0.2) is 4.79 Å². The van der Waals surface area contributed by atoms with Gasteiger partial charge in [-0.15, -0.1) is 0 Å². The highest BCUT2D eigenvalue weighted by atomic mass is 16.7. The second-order valence-electron chi connectivity index (χ2n) is 5.35. The maximum absolute atomic E-state index is 11.4. The van der Waals surface area contributed by atoms with Crippen molar-refractivity contribution in [1.29, 1.82) is 0 Å². The maximum atomic E-state index is 11.4. The Kier molecular flexibility index (Phi) is 6.05. The molecule has 1 aromatic carbocycles. The van der Waals surface area contributed by atoms with Crippen LogP contribution in [0.5, 0.6) is 0 Å². The molecule has 8 heteroatoms. The van der Waals surface area contributed by atoms with Gasteiger partial charge in [-0.3, -0.25) is 0 Å². The number of rotatable bonds is 6. The molecule has 8 nitrogen and oxygen atoms in total. The Bertz CT molecular complexity index is 505. The van der Waals surface area contributed by atoms with E-state index in [1.54, 1.807) is 30.3 Å². The lowest BCUT2D eigenvalue weighted by atomic mass is 9.99. The highest BCUT2D eigenvalue weighted by Crippen LogP contribution is 2.23. The van der Waals surface area contributed by atoms with Crippen LogP contribution in [0.2, 0.25) is 0 Å². The van der Waals surface area contributed by atoms with Gasteiger partial charge in [0.15, 0.2) is 12.4 Å². The number of hydrogen-bond donors (Lipinski definition) is 5. The average Bonchev–Trinajstić information content (AvgIpc) is 2.55. The third-order valence-electron chi connectivity index (χ3n) is 3.69. The highest BCUT2D eigenvalue weighted by molar-refractivity contribution is 5.72. The van der Waals surface area contributed by atoms with Gasteiger partial charge >= 0.3 is 5.97 Å². The van der Waals surface area contributed by atoms with Crippen molar-refractivity contribution in [2.45, 2.75) is 43.2 Å². The molecule has 0 aromatic heterocycles. The van der Waals surface area contributed by atoms with Crippen LogP contribution in [-0.2, 0) is 20.7 Å². The van der Waals surface area contributed by atoms with Crippen LogP contribution in [0.25, 0.3) is 0 Å². The summed E-state index contributed by atoms with van der Waals surface area (Å²) in [5.41, 5.74) is 0.712.